The molecule has 0 unspecified atom stereocenters. The summed E-state index contributed by atoms with van der Waals surface area (Å²) in [5.41, 5.74) is 3.89. The zero-order valence-electron chi connectivity index (χ0n) is 22.6. The highest BCUT2D eigenvalue weighted by atomic mass is 16.6. The molecule has 1 amide bonds. The number of pyridine rings is 2. The lowest BCUT2D eigenvalue weighted by molar-refractivity contribution is -0.384. The summed E-state index contributed by atoms with van der Waals surface area (Å²) in [7, 11) is 0. The van der Waals surface area contributed by atoms with Crippen molar-refractivity contribution in [3.05, 3.63) is 102 Å². The van der Waals surface area contributed by atoms with E-state index in [0.29, 0.717) is 39.1 Å². The van der Waals surface area contributed by atoms with Crippen molar-refractivity contribution in [3.8, 4) is 0 Å². The number of hydrogen-bond donors (Lipinski definition) is 0. The van der Waals surface area contributed by atoms with Crippen LogP contribution in [0.2, 0.25) is 0 Å². The number of aromatic nitrogens is 2. The number of nitro benzene ring substituents is 1. The molecule has 10 heteroatoms. The number of hydrogen-bond acceptors (Lipinski definition) is 6. The molecule has 2 saturated heterocycles. The molecule has 8 rings (SSSR count). The molecule has 10 nitrogen and oxygen atoms in total. The van der Waals surface area contributed by atoms with Crippen molar-refractivity contribution in [1.82, 2.24) is 14.0 Å². The molecule has 41 heavy (non-hydrogen) atoms. The Morgan fingerprint density at radius 2 is 1.54 bits per heavy atom. The lowest BCUT2D eigenvalue weighted by Crippen LogP contribution is -2.62. The Morgan fingerprint density at radius 3 is 2.27 bits per heavy atom. The molecule has 5 aliphatic rings. The fourth-order valence-corrected chi connectivity index (χ4v) is 8.75. The van der Waals surface area contributed by atoms with Gasteiger partial charge in [-0.2, -0.15) is 0 Å². The predicted molar refractivity (Wildman–Crippen MR) is 151 cm³/mol. The van der Waals surface area contributed by atoms with E-state index in [2.05, 4.69) is 4.90 Å². The van der Waals surface area contributed by atoms with Crippen molar-refractivity contribution in [1.29, 1.82) is 0 Å². The standard InChI is InChI=1S/C31H31N5O5/c37-28-5-1-3-25-20-9-18(14-33(25)28)13-32(15-20)31(39)24-12-19-11-23(36(40)41)7-8-27(19)35-16-21-10-22(30(24)35)17-34-26(21)4-2-6-29(34)38/h1-8,11,18,20-22,24,30H,9-10,12-17H2/t18-,20+,21+,22+,24-,30+/m1/s1. The maximum Gasteiger partial charge on any atom is 0.269 e. The van der Waals surface area contributed by atoms with Gasteiger partial charge in [-0.05, 0) is 54.9 Å². The Bertz CT molecular complexity index is 1730. The van der Waals surface area contributed by atoms with Gasteiger partial charge in [0.15, 0.2) is 0 Å². The van der Waals surface area contributed by atoms with Crippen LogP contribution < -0.4 is 16.0 Å². The molecular weight excluding hydrogens is 522 g/mol. The van der Waals surface area contributed by atoms with Crippen LogP contribution in [0, 0.1) is 27.9 Å². The number of rotatable bonds is 2. The van der Waals surface area contributed by atoms with Crippen LogP contribution in [0.1, 0.15) is 41.6 Å². The first-order valence-electron chi connectivity index (χ1n) is 14.6. The summed E-state index contributed by atoms with van der Waals surface area (Å²) in [5.74, 6) is 0.317. The molecule has 210 valence electrons. The molecule has 5 aliphatic heterocycles. The Balaban J connectivity index is 1.18. The van der Waals surface area contributed by atoms with Gasteiger partial charge in [0.2, 0.25) is 5.91 Å². The van der Waals surface area contributed by atoms with E-state index in [-0.39, 0.29) is 63.3 Å². The van der Waals surface area contributed by atoms with Crippen molar-refractivity contribution < 1.29 is 9.72 Å². The fourth-order valence-electron chi connectivity index (χ4n) is 8.75. The molecule has 6 atom stereocenters. The SMILES string of the molecule is O=C([C@@H]1Cc2cc([N+](=O)[O-])ccc2N2C[C@@H]3C[C@@H](Cn4c3cccc4=O)[C@@H]12)N1C[C@H]2C[C@@H](C1)c1cccc(=O)n1C2. The number of anilines is 1. The molecule has 0 saturated carbocycles. The zero-order valence-corrected chi connectivity index (χ0v) is 22.6. The Labute approximate surface area is 236 Å². The number of nitrogens with zero attached hydrogens (tertiary/aromatic N) is 5. The van der Waals surface area contributed by atoms with E-state index in [1.54, 1.807) is 30.3 Å². The Kier molecular flexibility index (Phi) is 5.33. The highest BCUT2D eigenvalue weighted by molar-refractivity contribution is 5.83. The highest BCUT2D eigenvalue weighted by Gasteiger charge is 2.51. The topological polar surface area (TPSA) is 111 Å². The van der Waals surface area contributed by atoms with E-state index in [9.17, 15) is 24.5 Å². The lowest BCUT2D eigenvalue weighted by Gasteiger charge is -2.55. The molecule has 0 aliphatic carbocycles. The summed E-state index contributed by atoms with van der Waals surface area (Å²) in [6, 6.07) is 15.8. The zero-order chi connectivity index (χ0) is 28.0. The van der Waals surface area contributed by atoms with E-state index < -0.39 is 0 Å². The van der Waals surface area contributed by atoms with E-state index in [1.165, 1.54) is 0 Å². The Hall–Kier alpha value is -4.21. The summed E-state index contributed by atoms with van der Waals surface area (Å²) in [5, 5.41) is 11.7. The average Bonchev–Trinajstić information content (AvgIpc) is 2.97. The maximum absolute atomic E-state index is 14.5. The summed E-state index contributed by atoms with van der Waals surface area (Å²) in [4.78, 5) is 55.5. The average molecular weight is 554 g/mol. The third-order valence-electron chi connectivity index (χ3n) is 10.3. The molecule has 1 aromatic carbocycles. The van der Waals surface area contributed by atoms with Crippen molar-refractivity contribution in [2.75, 3.05) is 24.5 Å². The van der Waals surface area contributed by atoms with E-state index in [1.807, 2.05) is 38.3 Å². The quantitative estimate of drug-likeness (QED) is 0.357. The van der Waals surface area contributed by atoms with Crippen molar-refractivity contribution in [3.63, 3.8) is 0 Å². The van der Waals surface area contributed by atoms with Crippen LogP contribution in [0.3, 0.4) is 0 Å². The predicted octanol–water partition coefficient (Wildman–Crippen LogP) is 2.73. The fraction of sp³-hybridized carbons (Fsp3) is 0.452. The molecule has 0 spiro atoms. The second-order valence-electron chi connectivity index (χ2n) is 12.6. The summed E-state index contributed by atoms with van der Waals surface area (Å²) in [6.07, 6.45) is 2.32. The normalized spacial score (nSPS) is 29.1. The number of non-ortho nitro benzene ring substituents is 1. The summed E-state index contributed by atoms with van der Waals surface area (Å²) in [6.45, 7) is 3.03. The van der Waals surface area contributed by atoms with Gasteiger partial charge in [-0.1, -0.05) is 12.1 Å². The minimum Gasteiger partial charge on any atom is -0.366 e. The van der Waals surface area contributed by atoms with Gasteiger partial charge in [-0.3, -0.25) is 24.5 Å². The van der Waals surface area contributed by atoms with Crippen molar-refractivity contribution in [2.45, 2.75) is 50.2 Å². The number of fused-ring (bicyclic) bond motifs is 12. The van der Waals surface area contributed by atoms with Crippen LogP contribution in [-0.2, 0) is 24.3 Å². The molecule has 2 aromatic heterocycles. The Morgan fingerprint density at radius 1 is 0.829 bits per heavy atom. The molecule has 7 heterocycles. The van der Waals surface area contributed by atoms with Crippen molar-refractivity contribution >= 4 is 17.3 Å². The van der Waals surface area contributed by atoms with Crippen LogP contribution in [0.4, 0.5) is 11.4 Å². The molecule has 2 fully saturated rings. The summed E-state index contributed by atoms with van der Waals surface area (Å²) < 4.78 is 3.76. The second-order valence-corrected chi connectivity index (χ2v) is 12.6. The van der Waals surface area contributed by atoms with Gasteiger partial charge in [0.25, 0.3) is 16.8 Å². The number of piperidine rings is 2. The van der Waals surface area contributed by atoms with Crippen LogP contribution in [-0.4, -0.2) is 50.5 Å². The van der Waals surface area contributed by atoms with Crippen LogP contribution in [0.5, 0.6) is 0 Å². The van der Waals surface area contributed by atoms with E-state index in [0.717, 1.165) is 35.5 Å². The van der Waals surface area contributed by atoms with Gasteiger partial charge in [0, 0.05) is 91.9 Å². The first-order valence-corrected chi connectivity index (χ1v) is 14.6. The third kappa shape index (κ3) is 3.72. The second kappa shape index (κ2) is 8.89. The maximum atomic E-state index is 14.5. The van der Waals surface area contributed by atoms with Crippen LogP contribution in [0.15, 0.2) is 64.2 Å². The van der Waals surface area contributed by atoms with Crippen molar-refractivity contribution in [2.24, 2.45) is 17.8 Å². The lowest BCUT2D eigenvalue weighted by atomic mass is 9.69. The monoisotopic (exact) mass is 553 g/mol. The van der Waals surface area contributed by atoms with Gasteiger partial charge in [0.05, 0.1) is 10.8 Å². The molecular formula is C31H31N5O5. The number of carbonyl (C=O) groups is 1. The van der Waals surface area contributed by atoms with Gasteiger partial charge in [0.1, 0.15) is 0 Å². The molecule has 0 N–H and O–H groups in total. The van der Waals surface area contributed by atoms with Crippen LogP contribution >= 0.6 is 0 Å². The minimum absolute atomic E-state index is 0.00174. The highest BCUT2D eigenvalue weighted by Crippen LogP contribution is 2.48. The number of nitro groups is 1. The third-order valence-corrected chi connectivity index (χ3v) is 10.3. The van der Waals surface area contributed by atoms with Gasteiger partial charge >= 0.3 is 0 Å². The molecule has 4 bridgehead atoms. The molecule has 0 radical (unpaired) electrons. The van der Waals surface area contributed by atoms with Crippen LogP contribution in [0.25, 0.3) is 0 Å². The molecule has 3 aromatic rings. The number of benzene rings is 1. The number of carbonyl (C=O) groups excluding carboxylic acids is 1. The largest absolute Gasteiger partial charge is 0.366 e. The van der Waals surface area contributed by atoms with E-state index in [4.69, 9.17) is 0 Å². The minimum atomic E-state index is -0.373. The van der Waals surface area contributed by atoms with E-state index >= 15 is 0 Å². The summed E-state index contributed by atoms with van der Waals surface area (Å²) >= 11 is 0. The van der Waals surface area contributed by atoms with Gasteiger partial charge in [-0.15, -0.1) is 0 Å². The smallest absolute Gasteiger partial charge is 0.269 e. The van der Waals surface area contributed by atoms with Gasteiger partial charge in [-0.25, -0.2) is 0 Å². The number of amides is 1. The number of likely N-dealkylation sites (tertiary alicyclic amines) is 1. The first kappa shape index (κ1) is 24.6. The van der Waals surface area contributed by atoms with Gasteiger partial charge < -0.3 is 18.9 Å². The first-order chi connectivity index (χ1) is 19.9.